The summed E-state index contributed by atoms with van der Waals surface area (Å²) in [5.74, 6) is -2.11. The monoisotopic (exact) mass is 587 g/mol. The van der Waals surface area contributed by atoms with Crippen LogP contribution >= 0.6 is 11.3 Å². The van der Waals surface area contributed by atoms with E-state index in [0.717, 1.165) is 33.6 Å². The van der Waals surface area contributed by atoms with Crippen LogP contribution in [0.1, 0.15) is 82.9 Å². The number of fused-ring (bicyclic) bond motifs is 2. The van der Waals surface area contributed by atoms with Crippen molar-refractivity contribution in [1.82, 2.24) is 4.98 Å². The molecule has 224 valence electrons. The molecule has 0 aliphatic carbocycles. The van der Waals surface area contributed by atoms with Crippen LogP contribution in [0.4, 0.5) is 4.79 Å². The van der Waals surface area contributed by atoms with Gasteiger partial charge in [-0.05, 0) is 70.6 Å². The third-order valence-corrected chi connectivity index (χ3v) is 9.70. The number of hydrogen-bond donors (Lipinski definition) is 2. The lowest BCUT2D eigenvalue weighted by Gasteiger charge is -2.37. The van der Waals surface area contributed by atoms with Crippen molar-refractivity contribution in [1.29, 1.82) is 0 Å². The van der Waals surface area contributed by atoms with Crippen molar-refractivity contribution in [2.24, 2.45) is 17.3 Å². The number of Topliss-reactive ketones (excluding diaryl/α,β-unsaturated/α-hetero) is 1. The molecule has 3 heterocycles. The molecule has 0 bridgehead atoms. The van der Waals surface area contributed by atoms with Crippen molar-refractivity contribution < 1.29 is 38.8 Å². The highest BCUT2D eigenvalue weighted by Gasteiger charge is 2.53. The fourth-order valence-corrected chi connectivity index (χ4v) is 6.81. The molecule has 41 heavy (non-hydrogen) atoms. The summed E-state index contributed by atoms with van der Waals surface area (Å²) in [4.78, 5) is 43.5. The van der Waals surface area contributed by atoms with Crippen LogP contribution in [-0.4, -0.2) is 57.0 Å². The van der Waals surface area contributed by atoms with Gasteiger partial charge in [0, 0.05) is 12.3 Å². The second-order valence-electron chi connectivity index (χ2n) is 12.2. The van der Waals surface area contributed by atoms with Crippen LogP contribution in [0.25, 0.3) is 10.2 Å². The Hall–Kier alpha value is -2.82. The minimum atomic E-state index is -1.60. The second kappa shape index (κ2) is 12.2. The zero-order valence-electron chi connectivity index (χ0n) is 24.4. The maximum Gasteiger partial charge on any atom is 0.506 e. The number of allylic oxidation sites excluding steroid dienone is 1. The van der Waals surface area contributed by atoms with Gasteiger partial charge in [-0.3, -0.25) is 9.59 Å². The highest BCUT2D eigenvalue weighted by molar-refractivity contribution is 7.18. The molecule has 9 nitrogen and oxygen atoms in total. The summed E-state index contributed by atoms with van der Waals surface area (Å²) in [6, 6.07) is 5.79. The number of rotatable bonds is 4. The van der Waals surface area contributed by atoms with Gasteiger partial charge in [-0.2, -0.15) is 0 Å². The first-order valence-corrected chi connectivity index (χ1v) is 15.0. The van der Waals surface area contributed by atoms with E-state index >= 15 is 0 Å². The number of aliphatic hydroxyl groups is 1. The van der Waals surface area contributed by atoms with Gasteiger partial charge >= 0.3 is 12.1 Å². The number of ether oxygens (including phenoxy) is 3. The minimum Gasteiger partial charge on any atom is -0.457 e. The van der Waals surface area contributed by atoms with Gasteiger partial charge in [0.2, 0.25) is 0 Å². The summed E-state index contributed by atoms with van der Waals surface area (Å²) >= 11 is 1.58. The van der Waals surface area contributed by atoms with E-state index in [-0.39, 0.29) is 29.8 Å². The lowest BCUT2D eigenvalue weighted by Crippen LogP contribution is -2.48. The van der Waals surface area contributed by atoms with Gasteiger partial charge in [0.1, 0.15) is 18.0 Å². The number of carbonyl (C=O) groups is 3. The number of epoxide rings is 1. The summed E-state index contributed by atoms with van der Waals surface area (Å²) < 4.78 is 18.3. The molecule has 2 saturated heterocycles. The second-order valence-corrected chi connectivity index (χ2v) is 13.5. The van der Waals surface area contributed by atoms with Crippen LogP contribution in [0, 0.1) is 24.2 Å². The van der Waals surface area contributed by atoms with Gasteiger partial charge in [-0.15, -0.1) is 17.9 Å². The Morgan fingerprint density at radius 2 is 2.02 bits per heavy atom. The van der Waals surface area contributed by atoms with E-state index in [0.29, 0.717) is 12.8 Å². The summed E-state index contributed by atoms with van der Waals surface area (Å²) in [6.45, 7) is 12.7. The van der Waals surface area contributed by atoms with E-state index < -0.39 is 48.2 Å². The van der Waals surface area contributed by atoms with Crippen molar-refractivity contribution in [2.75, 3.05) is 0 Å². The van der Waals surface area contributed by atoms with Crippen LogP contribution < -0.4 is 0 Å². The molecule has 1 aromatic carbocycles. The fraction of sp³-hybridized carbons (Fsp3) is 0.613. The summed E-state index contributed by atoms with van der Waals surface area (Å²) in [7, 11) is 0. The topological polar surface area (TPSA) is 136 Å². The zero-order chi connectivity index (χ0) is 30.1. The Kier molecular flexibility index (Phi) is 9.26. The van der Waals surface area contributed by atoms with Crippen LogP contribution in [0.3, 0.4) is 0 Å². The normalized spacial score (nSPS) is 33.0. The highest BCUT2D eigenvalue weighted by Crippen LogP contribution is 2.47. The molecule has 7 atom stereocenters. The van der Waals surface area contributed by atoms with Gasteiger partial charge in [-0.25, -0.2) is 9.78 Å². The number of nitrogens with zero attached hydrogens (tertiary/aromatic N) is 1. The molecule has 2 aromatic rings. The van der Waals surface area contributed by atoms with E-state index in [9.17, 15) is 24.6 Å². The summed E-state index contributed by atoms with van der Waals surface area (Å²) in [5, 5.41) is 21.7. The van der Waals surface area contributed by atoms with E-state index in [1.807, 2.05) is 39.0 Å². The first-order chi connectivity index (χ1) is 19.2. The van der Waals surface area contributed by atoms with Crippen molar-refractivity contribution in [3.63, 3.8) is 0 Å². The fourth-order valence-electron chi connectivity index (χ4n) is 6.00. The Bertz CT molecular complexity index is 1300. The number of benzene rings is 1. The smallest absolute Gasteiger partial charge is 0.457 e. The molecule has 0 spiro atoms. The van der Waals surface area contributed by atoms with Crippen molar-refractivity contribution in [3.8, 4) is 0 Å². The van der Waals surface area contributed by atoms with E-state index in [2.05, 4.69) is 11.6 Å². The van der Waals surface area contributed by atoms with Crippen LogP contribution in [-0.2, 0) is 23.8 Å². The molecule has 0 amide bonds. The summed E-state index contributed by atoms with van der Waals surface area (Å²) in [6.07, 6.45) is -0.731. The Morgan fingerprint density at radius 3 is 2.71 bits per heavy atom. The number of carboxylic acid groups (broad SMARTS) is 1. The number of aryl methyl sites for hydroxylation is 1. The average Bonchev–Trinajstić information content (AvgIpc) is 3.36. The third kappa shape index (κ3) is 6.98. The van der Waals surface area contributed by atoms with Gasteiger partial charge in [0.25, 0.3) is 0 Å². The van der Waals surface area contributed by atoms with E-state index in [1.165, 1.54) is 0 Å². The van der Waals surface area contributed by atoms with Crippen molar-refractivity contribution in [3.05, 3.63) is 41.4 Å². The summed E-state index contributed by atoms with van der Waals surface area (Å²) in [5.41, 5.74) is -0.231. The first-order valence-electron chi connectivity index (χ1n) is 14.2. The minimum absolute atomic E-state index is 0.140. The Balaban J connectivity index is 1.69. The first kappa shape index (κ1) is 31.1. The number of hydrogen-bond acceptors (Lipinski definition) is 9. The molecule has 4 rings (SSSR count). The number of ketones is 1. The average molecular weight is 588 g/mol. The zero-order valence-corrected chi connectivity index (χ0v) is 25.2. The molecule has 2 N–H and O–H groups in total. The number of aliphatic hydroxyl groups excluding tert-OH is 1. The molecule has 2 aliphatic heterocycles. The lowest BCUT2D eigenvalue weighted by molar-refractivity contribution is -0.157. The predicted molar refractivity (Wildman–Crippen MR) is 155 cm³/mol. The maximum atomic E-state index is 13.9. The molecule has 0 saturated carbocycles. The van der Waals surface area contributed by atoms with Crippen molar-refractivity contribution >= 4 is 39.5 Å². The van der Waals surface area contributed by atoms with Gasteiger partial charge in [0.05, 0.1) is 44.9 Å². The number of esters is 1. The predicted octanol–water partition coefficient (Wildman–Crippen LogP) is 6.16. The van der Waals surface area contributed by atoms with Crippen LogP contribution in [0.2, 0.25) is 0 Å². The SMILES string of the molecule is C=CC[C@H]1C(=O)C(C)(C)[C@@H](OC(=O)O)CC(=O)O[C@H](c2ccc3sc(C)nc3c2)C[C@@H]2O[C@]2(C)CCC[C@H](C)[C@@H]1O. The number of carbonyl (C=O) groups excluding carboxylic acids is 2. The largest absolute Gasteiger partial charge is 0.506 e. The van der Waals surface area contributed by atoms with E-state index in [1.54, 1.807) is 31.3 Å². The lowest BCUT2D eigenvalue weighted by atomic mass is 9.71. The molecule has 10 heteroatoms. The highest BCUT2D eigenvalue weighted by atomic mass is 32.1. The maximum absolute atomic E-state index is 13.9. The molecule has 1 aromatic heterocycles. The van der Waals surface area contributed by atoms with Gasteiger partial charge in [-0.1, -0.05) is 25.5 Å². The van der Waals surface area contributed by atoms with Crippen molar-refractivity contribution in [2.45, 2.75) is 103 Å². The Morgan fingerprint density at radius 1 is 1.29 bits per heavy atom. The standard InChI is InChI=1S/C31H41NO8S/c1-7-9-20-27(34)17(2)10-8-13-31(6)25(40-31)15-22(19-11-12-23-21(14-19)32-18(3)41-23)38-26(33)16-24(39-29(36)37)30(4,5)28(20)35/h7,11-12,14,17,20,22,24-25,27,34H,1,8-10,13,15-16H2,2-6H3,(H,36,37)/t17-,20+,22-,24-,25-,27-,31+/m0/s1. The molecular formula is C31H41NO8S. The molecular weight excluding hydrogens is 546 g/mol. The van der Waals surface area contributed by atoms with Gasteiger partial charge < -0.3 is 24.4 Å². The van der Waals surface area contributed by atoms with E-state index in [4.69, 9.17) is 14.2 Å². The van der Waals surface area contributed by atoms with Gasteiger partial charge in [0.15, 0.2) is 0 Å². The quantitative estimate of drug-likeness (QED) is 0.245. The molecule has 0 radical (unpaired) electrons. The third-order valence-electron chi connectivity index (χ3n) is 8.75. The molecule has 2 aliphatic rings. The number of cyclic esters (lactones) is 1. The Labute approximate surface area is 244 Å². The number of thiazole rings is 1. The van der Waals surface area contributed by atoms with Crippen LogP contribution in [0.5, 0.6) is 0 Å². The number of aromatic nitrogens is 1. The van der Waals surface area contributed by atoms with Crippen LogP contribution in [0.15, 0.2) is 30.9 Å². The molecule has 0 unspecified atom stereocenters. The molecule has 2 fully saturated rings.